The summed E-state index contributed by atoms with van der Waals surface area (Å²) in [7, 11) is -3.77. The number of anilines is 2. The highest BCUT2D eigenvalue weighted by molar-refractivity contribution is 7.92. The number of nitrogen functional groups attached to an aromatic ring is 1. The summed E-state index contributed by atoms with van der Waals surface area (Å²) in [5, 5.41) is 0.699. The minimum Gasteiger partial charge on any atom is -0.398 e. The summed E-state index contributed by atoms with van der Waals surface area (Å²) >= 11 is 17.4. The smallest absolute Gasteiger partial charge is 0.261 e. The van der Waals surface area contributed by atoms with Crippen LogP contribution in [0.15, 0.2) is 41.3 Å². The van der Waals surface area contributed by atoms with Gasteiger partial charge in [0.1, 0.15) is 0 Å². The molecule has 0 saturated heterocycles. The van der Waals surface area contributed by atoms with E-state index in [0.29, 0.717) is 11.4 Å². The van der Waals surface area contributed by atoms with Crippen molar-refractivity contribution in [2.75, 3.05) is 10.5 Å². The second kappa shape index (κ2) is 5.69. The molecule has 0 heterocycles. The van der Waals surface area contributed by atoms with E-state index in [1.54, 1.807) is 0 Å². The number of halogens is 3. The topological polar surface area (TPSA) is 72.2 Å². The highest BCUT2D eigenvalue weighted by Crippen LogP contribution is 2.27. The zero-order chi connectivity index (χ0) is 14.9. The Labute approximate surface area is 131 Å². The average molecular weight is 352 g/mol. The van der Waals surface area contributed by atoms with E-state index in [1.165, 1.54) is 36.4 Å². The summed E-state index contributed by atoms with van der Waals surface area (Å²) in [6.45, 7) is 0. The first kappa shape index (κ1) is 15.3. The van der Waals surface area contributed by atoms with Gasteiger partial charge in [0.15, 0.2) is 0 Å². The van der Waals surface area contributed by atoms with Gasteiger partial charge in [-0.1, -0.05) is 34.8 Å². The Bertz CT molecular complexity index is 763. The number of nitrogens with one attached hydrogen (secondary N) is 1. The third kappa shape index (κ3) is 3.30. The minimum absolute atomic E-state index is 0.000141. The van der Waals surface area contributed by atoms with Gasteiger partial charge in [-0.15, -0.1) is 0 Å². The second-order valence-corrected chi connectivity index (χ2v) is 6.82. The Balaban J connectivity index is 2.35. The maximum Gasteiger partial charge on any atom is 0.261 e. The number of hydrogen-bond acceptors (Lipinski definition) is 3. The zero-order valence-corrected chi connectivity index (χ0v) is 13.0. The molecule has 0 saturated carbocycles. The number of nitrogens with two attached hydrogens (primary N) is 1. The van der Waals surface area contributed by atoms with Crippen LogP contribution in [-0.2, 0) is 10.0 Å². The molecule has 0 unspecified atom stereocenters. The lowest BCUT2D eigenvalue weighted by Crippen LogP contribution is -2.13. The second-order valence-electron chi connectivity index (χ2n) is 3.92. The quantitative estimate of drug-likeness (QED) is 0.820. The average Bonchev–Trinajstić information content (AvgIpc) is 2.37. The van der Waals surface area contributed by atoms with Crippen LogP contribution in [0.5, 0.6) is 0 Å². The van der Waals surface area contributed by atoms with Crippen LogP contribution in [0.2, 0.25) is 15.1 Å². The van der Waals surface area contributed by atoms with E-state index in [4.69, 9.17) is 40.5 Å². The van der Waals surface area contributed by atoms with E-state index < -0.39 is 10.0 Å². The summed E-state index contributed by atoms with van der Waals surface area (Å²) < 4.78 is 26.7. The van der Waals surface area contributed by atoms with Crippen molar-refractivity contribution in [2.24, 2.45) is 0 Å². The summed E-state index contributed by atoms with van der Waals surface area (Å²) in [5.74, 6) is 0. The van der Waals surface area contributed by atoms with Crippen molar-refractivity contribution in [3.63, 3.8) is 0 Å². The SMILES string of the molecule is Nc1ccc(NS(=O)(=O)c2ccc(Cl)c(Cl)c2)cc1Cl. The van der Waals surface area contributed by atoms with Gasteiger partial charge in [-0.25, -0.2) is 8.42 Å². The summed E-state index contributed by atoms with van der Waals surface area (Å²) in [4.78, 5) is -0.000141. The molecule has 3 N–H and O–H groups in total. The maximum absolute atomic E-state index is 12.2. The lowest BCUT2D eigenvalue weighted by Gasteiger charge is -2.09. The van der Waals surface area contributed by atoms with E-state index in [0.717, 1.165) is 0 Å². The highest BCUT2D eigenvalue weighted by Gasteiger charge is 2.16. The molecule has 0 fully saturated rings. The molecular formula is C12H9Cl3N2O2S. The van der Waals surface area contributed by atoms with Crippen LogP contribution < -0.4 is 10.5 Å². The molecule has 0 atom stereocenters. The van der Waals surface area contributed by atoms with E-state index >= 15 is 0 Å². The monoisotopic (exact) mass is 350 g/mol. The minimum atomic E-state index is -3.77. The predicted octanol–water partition coefficient (Wildman–Crippen LogP) is 4.03. The predicted molar refractivity (Wildman–Crippen MR) is 83.1 cm³/mol. The molecule has 0 aromatic heterocycles. The van der Waals surface area contributed by atoms with Gasteiger partial charge in [0.05, 0.1) is 31.3 Å². The first-order valence-corrected chi connectivity index (χ1v) is 7.94. The molecule has 2 aromatic carbocycles. The Morgan fingerprint density at radius 1 is 0.900 bits per heavy atom. The van der Waals surface area contributed by atoms with Crippen LogP contribution in [0.3, 0.4) is 0 Å². The fraction of sp³-hybridized carbons (Fsp3) is 0. The Morgan fingerprint density at radius 3 is 2.20 bits per heavy atom. The molecule has 0 spiro atoms. The van der Waals surface area contributed by atoms with Crippen molar-refractivity contribution in [1.82, 2.24) is 0 Å². The van der Waals surface area contributed by atoms with E-state index in [2.05, 4.69) is 4.72 Å². The Kier molecular flexibility index (Phi) is 4.34. The summed E-state index contributed by atoms with van der Waals surface area (Å²) in [6, 6.07) is 8.48. The van der Waals surface area contributed by atoms with Crippen molar-refractivity contribution < 1.29 is 8.42 Å². The molecule has 2 rings (SSSR count). The molecule has 2 aromatic rings. The molecule has 4 nitrogen and oxygen atoms in total. The van der Waals surface area contributed by atoms with Crippen LogP contribution in [0, 0.1) is 0 Å². The van der Waals surface area contributed by atoms with Gasteiger partial charge in [0, 0.05) is 0 Å². The first-order valence-electron chi connectivity index (χ1n) is 5.32. The third-order valence-corrected chi connectivity index (χ3v) is 4.90. The van der Waals surface area contributed by atoms with Crippen LogP contribution in [0.25, 0.3) is 0 Å². The van der Waals surface area contributed by atoms with Crippen molar-refractivity contribution in [3.05, 3.63) is 51.5 Å². The molecule has 20 heavy (non-hydrogen) atoms. The summed E-state index contributed by atoms with van der Waals surface area (Å²) in [5.41, 5.74) is 6.22. The third-order valence-electron chi connectivity index (χ3n) is 2.45. The molecule has 0 aliphatic rings. The largest absolute Gasteiger partial charge is 0.398 e. The van der Waals surface area contributed by atoms with Crippen LogP contribution in [0.4, 0.5) is 11.4 Å². The van der Waals surface area contributed by atoms with Crippen LogP contribution in [0.1, 0.15) is 0 Å². The fourth-order valence-electron chi connectivity index (χ4n) is 1.45. The van der Waals surface area contributed by atoms with E-state index in [1.807, 2.05) is 0 Å². The van der Waals surface area contributed by atoms with Gasteiger partial charge < -0.3 is 5.73 Å². The molecule has 8 heteroatoms. The number of hydrogen-bond donors (Lipinski definition) is 2. The van der Waals surface area contributed by atoms with E-state index in [-0.39, 0.29) is 20.0 Å². The molecular weight excluding hydrogens is 343 g/mol. The van der Waals surface area contributed by atoms with Crippen molar-refractivity contribution in [1.29, 1.82) is 0 Å². The van der Waals surface area contributed by atoms with Crippen LogP contribution in [-0.4, -0.2) is 8.42 Å². The van der Waals surface area contributed by atoms with Gasteiger partial charge in [-0.05, 0) is 36.4 Å². The number of sulfonamides is 1. The van der Waals surface area contributed by atoms with Gasteiger partial charge in [0.2, 0.25) is 0 Å². The number of benzene rings is 2. The van der Waals surface area contributed by atoms with Gasteiger partial charge in [-0.3, -0.25) is 4.72 Å². The Hall–Kier alpha value is -1.14. The molecule has 106 valence electrons. The normalized spacial score (nSPS) is 11.3. The fourth-order valence-corrected chi connectivity index (χ4v) is 3.07. The van der Waals surface area contributed by atoms with Crippen LogP contribution >= 0.6 is 34.8 Å². The van der Waals surface area contributed by atoms with Crippen molar-refractivity contribution in [3.8, 4) is 0 Å². The zero-order valence-electron chi connectivity index (χ0n) is 9.90. The molecule has 0 amide bonds. The van der Waals surface area contributed by atoms with Gasteiger partial charge in [-0.2, -0.15) is 0 Å². The van der Waals surface area contributed by atoms with Gasteiger partial charge in [0.25, 0.3) is 10.0 Å². The van der Waals surface area contributed by atoms with Crippen molar-refractivity contribution in [2.45, 2.75) is 4.90 Å². The first-order chi connectivity index (χ1) is 9.29. The molecule has 0 bridgehead atoms. The Morgan fingerprint density at radius 2 is 1.60 bits per heavy atom. The lowest BCUT2D eigenvalue weighted by atomic mass is 10.3. The van der Waals surface area contributed by atoms with Crippen molar-refractivity contribution >= 4 is 56.2 Å². The standard InChI is InChI=1S/C12H9Cl3N2O2S/c13-9-3-2-8(6-10(9)14)20(18,19)17-7-1-4-12(16)11(15)5-7/h1-6,17H,16H2. The molecule has 0 radical (unpaired) electrons. The maximum atomic E-state index is 12.2. The lowest BCUT2D eigenvalue weighted by molar-refractivity contribution is 0.601. The van der Waals surface area contributed by atoms with E-state index in [9.17, 15) is 8.42 Å². The summed E-state index contributed by atoms with van der Waals surface area (Å²) in [6.07, 6.45) is 0. The van der Waals surface area contributed by atoms with Gasteiger partial charge >= 0.3 is 0 Å². The highest BCUT2D eigenvalue weighted by atomic mass is 35.5. The molecule has 0 aliphatic heterocycles. The molecule has 0 aliphatic carbocycles. The number of rotatable bonds is 3.